The van der Waals surface area contributed by atoms with Crippen LogP contribution in [0.15, 0.2) is 72.8 Å². The standard InChI is InChI=1S/C28H28N2O2/c31-27(32)20-1-5-23(6-2-20)29-25-9-11-26(12-10-25)30-24-7-3-21(4-8-24)28-16-18-13-19(17-28)15-22(28)14-18/h1-12,18-19,22,29-30H,13-17H2,(H,31,32). The normalized spacial score (nSPS) is 27.4. The van der Waals surface area contributed by atoms with Gasteiger partial charge in [0, 0.05) is 22.7 Å². The van der Waals surface area contributed by atoms with E-state index >= 15 is 0 Å². The van der Waals surface area contributed by atoms with Crippen LogP contribution in [0.3, 0.4) is 0 Å². The Hall–Kier alpha value is -3.27. The smallest absolute Gasteiger partial charge is 0.335 e. The molecule has 3 aromatic rings. The third kappa shape index (κ3) is 3.35. The van der Waals surface area contributed by atoms with Crippen LogP contribution in [0.5, 0.6) is 0 Å². The summed E-state index contributed by atoms with van der Waals surface area (Å²) in [4.78, 5) is 11.0. The van der Waals surface area contributed by atoms with E-state index < -0.39 is 5.97 Å². The Morgan fingerprint density at radius 3 is 1.59 bits per heavy atom. The Morgan fingerprint density at radius 2 is 1.12 bits per heavy atom. The Balaban J connectivity index is 1.11. The minimum atomic E-state index is -0.914. The summed E-state index contributed by atoms with van der Waals surface area (Å²) in [5, 5.41) is 15.8. The molecule has 0 amide bonds. The fourth-order valence-corrected chi connectivity index (χ4v) is 6.82. The average Bonchev–Trinajstić information content (AvgIpc) is 3.20. The van der Waals surface area contributed by atoms with Crippen molar-refractivity contribution in [2.45, 2.75) is 37.5 Å². The second-order valence-electron chi connectivity index (χ2n) is 9.99. The van der Waals surface area contributed by atoms with Crippen LogP contribution in [0.1, 0.15) is 48.0 Å². The van der Waals surface area contributed by atoms with Gasteiger partial charge in [0.2, 0.25) is 0 Å². The molecule has 32 heavy (non-hydrogen) atoms. The van der Waals surface area contributed by atoms with Crippen LogP contribution in [-0.4, -0.2) is 11.1 Å². The molecule has 4 bridgehead atoms. The Labute approximate surface area is 188 Å². The maximum atomic E-state index is 11.0. The maximum Gasteiger partial charge on any atom is 0.335 e. The molecule has 0 radical (unpaired) electrons. The largest absolute Gasteiger partial charge is 0.478 e. The molecule has 4 saturated carbocycles. The lowest BCUT2D eigenvalue weighted by Crippen LogP contribution is -2.27. The summed E-state index contributed by atoms with van der Waals surface area (Å²) < 4.78 is 0. The van der Waals surface area contributed by atoms with Crippen molar-refractivity contribution >= 4 is 28.7 Å². The molecule has 2 atom stereocenters. The molecule has 0 spiro atoms. The van der Waals surface area contributed by atoms with Gasteiger partial charge < -0.3 is 15.7 Å². The Kier molecular flexibility index (Phi) is 4.49. The monoisotopic (exact) mass is 424 g/mol. The Bertz CT molecular complexity index is 1120. The van der Waals surface area contributed by atoms with Crippen molar-refractivity contribution < 1.29 is 9.90 Å². The SMILES string of the molecule is O=C(O)c1ccc(Nc2ccc(Nc3ccc(C45CC6CC(CC4C6)C5)cc3)cc2)cc1. The van der Waals surface area contributed by atoms with Crippen molar-refractivity contribution in [3.63, 3.8) is 0 Å². The molecule has 4 aliphatic rings. The number of hydrogen-bond acceptors (Lipinski definition) is 3. The lowest BCUT2D eigenvalue weighted by atomic mass is 9.71. The van der Waals surface area contributed by atoms with Crippen molar-refractivity contribution in [1.29, 1.82) is 0 Å². The first-order chi connectivity index (χ1) is 15.6. The van der Waals surface area contributed by atoms with Crippen molar-refractivity contribution in [3.8, 4) is 0 Å². The Morgan fingerprint density at radius 1 is 0.688 bits per heavy atom. The molecule has 162 valence electrons. The average molecular weight is 425 g/mol. The number of carbonyl (C=O) groups is 1. The highest BCUT2D eigenvalue weighted by atomic mass is 16.4. The quantitative estimate of drug-likeness (QED) is 0.401. The van der Waals surface area contributed by atoms with Gasteiger partial charge in [-0.25, -0.2) is 4.79 Å². The molecule has 3 aromatic carbocycles. The highest BCUT2D eigenvalue weighted by Crippen LogP contribution is 2.65. The molecule has 0 aromatic heterocycles. The molecule has 7 rings (SSSR count). The van der Waals surface area contributed by atoms with Crippen LogP contribution in [0.2, 0.25) is 0 Å². The first-order valence-corrected chi connectivity index (χ1v) is 11.7. The van der Waals surface area contributed by atoms with Crippen molar-refractivity contribution in [3.05, 3.63) is 83.9 Å². The van der Waals surface area contributed by atoms with Crippen LogP contribution in [0, 0.1) is 17.8 Å². The van der Waals surface area contributed by atoms with Gasteiger partial charge in [0.15, 0.2) is 0 Å². The first kappa shape index (κ1) is 19.4. The first-order valence-electron chi connectivity index (χ1n) is 11.7. The molecule has 0 aliphatic heterocycles. The molecule has 0 saturated heterocycles. The van der Waals surface area contributed by atoms with E-state index in [4.69, 9.17) is 5.11 Å². The highest BCUT2D eigenvalue weighted by Gasteiger charge is 2.58. The number of benzene rings is 3. The van der Waals surface area contributed by atoms with E-state index in [1.54, 1.807) is 29.8 Å². The molecule has 2 unspecified atom stereocenters. The number of carboxylic acid groups (broad SMARTS) is 1. The van der Waals surface area contributed by atoms with E-state index in [0.29, 0.717) is 5.41 Å². The molecule has 4 heteroatoms. The van der Waals surface area contributed by atoms with Gasteiger partial charge in [-0.2, -0.15) is 0 Å². The van der Waals surface area contributed by atoms with Crippen LogP contribution >= 0.6 is 0 Å². The lowest BCUT2D eigenvalue weighted by molar-refractivity contribution is 0.0697. The maximum absolute atomic E-state index is 11.0. The fraction of sp³-hybridized carbons (Fsp3) is 0.321. The molecule has 4 aliphatic carbocycles. The number of hydrogen-bond donors (Lipinski definition) is 3. The second kappa shape index (κ2) is 7.40. The lowest BCUT2D eigenvalue weighted by Gasteiger charge is -2.33. The van der Waals surface area contributed by atoms with Gasteiger partial charge in [-0.15, -0.1) is 0 Å². The van der Waals surface area contributed by atoms with Gasteiger partial charge in [-0.1, -0.05) is 12.1 Å². The minimum Gasteiger partial charge on any atom is -0.478 e. The third-order valence-electron chi connectivity index (χ3n) is 8.04. The van der Waals surface area contributed by atoms with E-state index in [1.807, 2.05) is 12.1 Å². The fourth-order valence-electron chi connectivity index (χ4n) is 6.82. The van der Waals surface area contributed by atoms with Crippen molar-refractivity contribution in [1.82, 2.24) is 0 Å². The van der Waals surface area contributed by atoms with Crippen LogP contribution in [0.4, 0.5) is 22.7 Å². The summed E-state index contributed by atoms with van der Waals surface area (Å²) in [5.41, 5.74) is 6.30. The van der Waals surface area contributed by atoms with Crippen LogP contribution < -0.4 is 10.6 Å². The topological polar surface area (TPSA) is 61.4 Å². The zero-order chi connectivity index (χ0) is 21.7. The molecule has 4 fully saturated rings. The van der Waals surface area contributed by atoms with Crippen molar-refractivity contribution in [2.24, 2.45) is 17.8 Å². The second-order valence-corrected chi connectivity index (χ2v) is 9.99. The third-order valence-corrected chi connectivity index (χ3v) is 8.04. The number of rotatable bonds is 6. The van der Waals surface area contributed by atoms with E-state index in [0.717, 1.165) is 40.5 Å². The van der Waals surface area contributed by atoms with Gasteiger partial charge in [0.25, 0.3) is 0 Å². The van der Waals surface area contributed by atoms with Gasteiger partial charge in [0.05, 0.1) is 5.56 Å². The van der Waals surface area contributed by atoms with Crippen LogP contribution in [0.25, 0.3) is 0 Å². The summed E-state index contributed by atoms with van der Waals surface area (Å²) in [6.45, 7) is 0. The number of carboxylic acids is 1. The van der Waals surface area contributed by atoms with E-state index in [9.17, 15) is 4.79 Å². The summed E-state index contributed by atoms with van der Waals surface area (Å²) in [6.07, 6.45) is 7.22. The zero-order valence-electron chi connectivity index (χ0n) is 18.1. The van der Waals surface area contributed by atoms with Gasteiger partial charge in [0.1, 0.15) is 0 Å². The molecule has 4 nitrogen and oxygen atoms in total. The molecular formula is C28H28N2O2. The van der Waals surface area contributed by atoms with E-state index in [2.05, 4.69) is 47.0 Å². The number of nitrogens with one attached hydrogen (secondary N) is 2. The van der Waals surface area contributed by atoms with Gasteiger partial charge in [-0.05, 0) is 121 Å². The summed E-state index contributed by atoms with van der Waals surface area (Å²) in [6, 6.07) is 24.1. The molecular weight excluding hydrogens is 396 g/mol. The van der Waals surface area contributed by atoms with E-state index in [-0.39, 0.29) is 5.56 Å². The zero-order valence-corrected chi connectivity index (χ0v) is 18.1. The summed E-state index contributed by atoms with van der Waals surface area (Å²) in [7, 11) is 0. The van der Waals surface area contributed by atoms with Crippen LogP contribution in [-0.2, 0) is 5.41 Å². The van der Waals surface area contributed by atoms with E-state index in [1.165, 1.54) is 32.1 Å². The molecule has 3 N–H and O–H groups in total. The van der Waals surface area contributed by atoms with Crippen molar-refractivity contribution in [2.75, 3.05) is 10.6 Å². The predicted octanol–water partition coefficient (Wildman–Crippen LogP) is 6.95. The number of anilines is 4. The minimum absolute atomic E-state index is 0.286. The summed E-state index contributed by atoms with van der Waals surface area (Å²) >= 11 is 0. The molecule has 0 heterocycles. The van der Waals surface area contributed by atoms with Gasteiger partial charge >= 0.3 is 5.97 Å². The summed E-state index contributed by atoms with van der Waals surface area (Å²) in [5.74, 6) is 1.97. The van der Waals surface area contributed by atoms with Gasteiger partial charge in [-0.3, -0.25) is 0 Å². The number of aromatic carboxylic acids is 1. The highest BCUT2D eigenvalue weighted by molar-refractivity contribution is 5.88. The predicted molar refractivity (Wildman–Crippen MR) is 128 cm³/mol.